The van der Waals surface area contributed by atoms with Crippen molar-refractivity contribution in [3.63, 3.8) is 0 Å². The van der Waals surface area contributed by atoms with Gasteiger partial charge in [0.1, 0.15) is 12.0 Å². The van der Waals surface area contributed by atoms with Gasteiger partial charge in [-0.2, -0.15) is 0 Å². The Kier molecular flexibility index (Phi) is 4.81. The first kappa shape index (κ1) is 12.2. The molecule has 0 aromatic heterocycles. The first-order valence-corrected chi connectivity index (χ1v) is 6.69. The molecular weight excluding hydrogens is 208 g/mol. The van der Waals surface area contributed by atoms with Crippen molar-refractivity contribution in [2.45, 2.75) is 13.8 Å². The van der Waals surface area contributed by atoms with E-state index in [1.165, 1.54) is 11.1 Å². The molecule has 1 rings (SSSR count). The second-order valence-electron chi connectivity index (χ2n) is 3.41. The van der Waals surface area contributed by atoms with Crippen LogP contribution in [0, 0.1) is 13.8 Å². The molecule has 0 bridgehead atoms. The Morgan fingerprint density at radius 2 is 1.80 bits per heavy atom. The summed E-state index contributed by atoms with van der Waals surface area (Å²) < 4.78 is 16.0. The van der Waals surface area contributed by atoms with E-state index in [0.29, 0.717) is 6.23 Å². The molecule has 3 nitrogen and oxygen atoms in total. The van der Waals surface area contributed by atoms with Gasteiger partial charge in [0.25, 0.3) is 0 Å². The Morgan fingerprint density at radius 3 is 2.40 bits per heavy atom. The fourth-order valence-corrected chi connectivity index (χ4v) is 2.05. The third-order valence-electron chi connectivity index (χ3n) is 2.46. The molecule has 0 unspecified atom stereocenters. The molecule has 1 aromatic carbocycles. The van der Waals surface area contributed by atoms with Crippen LogP contribution in [-0.4, -0.2) is 29.7 Å². The van der Waals surface area contributed by atoms with Crippen LogP contribution in [0.2, 0.25) is 0 Å². The average molecular weight is 226 g/mol. The summed E-state index contributed by atoms with van der Waals surface area (Å²) in [7, 11) is 1.70. The summed E-state index contributed by atoms with van der Waals surface area (Å²) in [6.45, 7) is 4.13. The van der Waals surface area contributed by atoms with Crippen LogP contribution in [0.4, 0.5) is 0 Å². The zero-order valence-corrected chi connectivity index (χ0v) is 10.9. The normalized spacial score (nSPS) is 10.7. The largest absolute Gasteiger partial charge is 0.492 e. The highest BCUT2D eigenvalue weighted by Gasteiger charge is 2.11. The van der Waals surface area contributed by atoms with Gasteiger partial charge in [-0.25, -0.2) is 0 Å². The molecule has 0 saturated heterocycles. The topological polar surface area (TPSA) is 27.7 Å². The smallest absolute Gasteiger partial charge is 0.359 e. The maximum absolute atomic E-state index is 5.67. The molecule has 84 valence electrons. The molecule has 0 N–H and O–H groups in total. The van der Waals surface area contributed by atoms with Crippen molar-refractivity contribution in [2.24, 2.45) is 0 Å². The van der Waals surface area contributed by atoms with Gasteiger partial charge >= 0.3 is 9.28 Å². The lowest BCUT2D eigenvalue weighted by atomic mass is 10.1. The van der Waals surface area contributed by atoms with Crippen molar-refractivity contribution in [1.29, 1.82) is 0 Å². The van der Waals surface area contributed by atoms with E-state index in [0.717, 1.165) is 5.75 Å². The van der Waals surface area contributed by atoms with Crippen molar-refractivity contribution in [3.8, 4) is 5.75 Å². The molecule has 0 heterocycles. The van der Waals surface area contributed by atoms with Gasteiger partial charge in [-0.05, 0) is 31.0 Å². The molecule has 1 aromatic rings. The summed E-state index contributed by atoms with van der Waals surface area (Å²) in [4.78, 5) is 0. The lowest BCUT2D eigenvalue weighted by molar-refractivity contribution is 0.237. The van der Waals surface area contributed by atoms with Crippen LogP contribution in [0.5, 0.6) is 5.75 Å². The fourth-order valence-electron chi connectivity index (χ4n) is 1.27. The number of ether oxygens (including phenoxy) is 1. The monoisotopic (exact) mass is 226 g/mol. The van der Waals surface area contributed by atoms with E-state index in [1.54, 1.807) is 14.2 Å². The molecule has 0 spiro atoms. The number of hydrogen-bond donors (Lipinski definition) is 0. The van der Waals surface area contributed by atoms with E-state index < -0.39 is 9.28 Å². The van der Waals surface area contributed by atoms with Gasteiger partial charge in [0.05, 0.1) is 0 Å². The minimum atomic E-state index is -1.62. The van der Waals surface area contributed by atoms with Gasteiger partial charge in [0.2, 0.25) is 0 Å². The van der Waals surface area contributed by atoms with E-state index >= 15 is 0 Å². The summed E-state index contributed by atoms with van der Waals surface area (Å²) in [5.74, 6) is 0.918. The van der Waals surface area contributed by atoms with Gasteiger partial charge in [-0.15, -0.1) is 0 Å². The van der Waals surface area contributed by atoms with E-state index in [4.69, 9.17) is 13.6 Å². The molecule has 4 heteroatoms. The van der Waals surface area contributed by atoms with Crippen molar-refractivity contribution >= 4 is 9.28 Å². The number of hydrogen-bond acceptors (Lipinski definition) is 3. The SMILES string of the molecule is CO[SiH](COc1cccc(C)c1C)OC. The zero-order valence-electron chi connectivity index (χ0n) is 9.74. The predicted octanol–water partition coefficient (Wildman–Crippen LogP) is 1.73. The van der Waals surface area contributed by atoms with Crippen LogP contribution < -0.4 is 4.74 Å². The molecule has 15 heavy (non-hydrogen) atoms. The first-order valence-electron chi connectivity index (χ1n) is 4.93. The Balaban J connectivity index is 2.61. The van der Waals surface area contributed by atoms with Crippen molar-refractivity contribution < 1.29 is 13.6 Å². The van der Waals surface area contributed by atoms with Crippen LogP contribution in [0.3, 0.4) is 0 Å². The summed E-state index contributed by atoms with van der Waals surface area (Å²) in [6, 6.07) is 6.04. The van der Waals surface area contributed by atoms with E-state index in [9.17, 15) is 0 Å². The third kappa shape index (κ3) is 3.34. The lowest BCUT2D eigenvalue weighted by Crippen LogP contribution is -2.28. The second-order valence-corrected chi connectivity index (χ2v) is 5.55. The molecule has 0 fully saturated rings. The van der Waals surface area contributed by atoms with Crippen molar-refractivity contribution in [3.05, 3.63) is 29.3 Å². The highest BCUT2D eigenvalue weighted by molar-refractivity contribution is 6.44. The summed E-state index contributed by atoms with van der Waals surface area (Å²) >= 11 is 0. The maximum atomic E-state index is 5.67. The van der Waals surface area contributed by atoms with E-state index in [2.05, 4.69) is 19.9 Å². The van der Waals surface area contributed by atoms with Crippen LogP contribution in [-0.2, 0) is 8.85 Å². The summed E-state index contributed by atoms with van der Waals surface area (Å²) in [6.07, 6.45) is 0.539. The zero-order chi connectivity index (χ0) is 11.3. The van der Waals surface area contributed by atoms with Gasteiger partial charge in [-0.1, -0.05) is 12.1 Å². The second kappa shape index (κ2) is 5.90. The standard InChI is InChI=1S/C11H18O3Si/c1-9-6-5-7-11(10(9)2)14-8-15(12-3)13-4/h5-7,15H,8H2,1-4H3. The minimum absolute atomic E-state index is 0.539. The van der Waals surface area contributed by atoms with Crippen LogP contribution in [0.1, 0.15) is 11.1 Å². The highest BCUT2D eigenvalue weighted by Crippen LogP contribution is 2.20. The minimum Gasteiger partial charge on any atom is -0.492 e. The molecule has 0 radical (unpaired) electrons. The molecule has 0 atom stereocenters. The lowest BCUT2D eigenvalue weighted by Gasteiger charge is -2.14. The number of aryl methyl sites for hydroxylation is 1. The van der Waals surface area contributed by atoms with Gasteiger partial charge < -0.3 is 13.6 Å². The predicted molar refractivity (Wildman–Crippen MR) is 62.6 cm³/mol. The molecular formula is C11H18O3Si. The average Bonchev–Trinajstić information content (AvgIpc) is 2.25. The number of rotatable bonds is 5. The third-order valence-corrected chi connectivity index (χ3v) is 3.95. The van der Waals surface area contributed by atoms with Crippen molar-refractivity contribution in [1.82, 2.24) is 0 Å². The van der Waals surface area contributed by atoms with E-state index in [1.807, 2.05) is 12.1 Å². The van der Waals surface area contributed by atoms with Gasteiger partial charge in [-0.3, -0.25) is 0 Å². The van der Waals surface area contributed by atoms with Crippen LogP contribution in [0.15, 0.2) is 18.2 Å². The highest BCUT2D eigenvalue weighted by atomic mass is 28.3. The Labute approximate surface area is 92.8 Å². The Bertz CT molecular complexity index is 311. The van der Waals surface area contributed by atoms with E-state index in [-0.39, 0.29) is 0 Å². The summed E-state index contributed by atoms with van der Waals surface area (Å²) in [5, 5.41) is 0. The Morgan fingerprint density at radius 1 is 1.13 bits per heavy atom. The fraction of sp³-hybridized carbons (Fsp3) is 0.455. The van der Waals surface area contributed by atoms with Gasteiger partial charge in [0.15, 0.2) is 0 Å². The van der Waals surface area contributed by atoms with Crippen molar-refractivity contribution in [2.75, 3.05) is 20.4 Å². The molecule has 0 amide bonds. The van der Waals surface area contributed by atoms with Crippen LogP contribution in [0.25, 0.3) is 0 Å². The molecule has 0 saturated carbocycles. The first-order chi connectivity index (χ1) is 7.19. The summed E-state index contributed by atoms with van der Waals surface area (Å²) in [5.41, 5.74) is 2.41. The quantitative estimate of drug-likeness (QED) is 0.716. The number of benzene rings is 1. The van der Waals surface area contributed by atoms with Gasteiger partial charge in [0, 0.05) is 14.2 Å². The maximum Gasteiger partial charge on any atom is 0.359 e. The molecule has 0 aliphatic rings. The molecule has 0 aliphatic heterocycles. The molecule has 0 aliphatic carbocycles. The van der Waals surface area contributed by atoms with Crippen LogP contribution >= 0.6 is 0 Å². The Hall–Kier alpha value is -0.843.